The maximum absolute atomic E-state index is 12.7. The molecule has 2 aliphatic rings. The first-order chi connectivity index (χ1) is 15.4. The Kier molecular flexibility index (Phi) is 6.53. The molecule has 1 unspecified atom stereocenters. The minimum absolute atomic E-state index is 0.0456. The summed E-state index contributed by atoms with van der Waals surface area (Å²) in [4.78, 5) is 28.2. The van der Waals surface area contributed by atoms with E-state index in [0.717, 1.165) is 55.4 Å². The van der Waals surface area contributed by atoms with Crippen molar-refractivity contribution in [3.05, 3.63) is 47.3 Å². The van der Waals surface area contributed by atoms with Crippen molar-refractivity contribution < 1.29 is 4.79 Å². The third-order valence-corrected chi connectivity index (χ3v) is 6.61. The number of hydrogen-bond donors (Lipinski definition) is 2. The van der Waals surface area contributed by atoms with Crippen molar-refractivity contribution in [2.45, 2.75) is 13.3 Å². The lowest BCUT2D eigenvalue weighted by Crippen LogP contribution is -2.46. The Bertz CT molecular complexity index is 1020. The Morgan fingerprint density at radius 1 is 1.28 bits per heavy atom. The number of amides is 1. The molecule has 1 fully saturated rings. The highest BCUT2D eigenvalue weighted by Crippen LogP contribution is 2.35. The fourth-order valence-electron chi connectivity index (χ4n) is 4.26. The molecule has 0 saturated carbocycles. The Morgan fingerprint density at radius 3 is 2.72 bits per heavy atom. The third-order valence-electron chi connectivity index (χ3n) is 6.33. The van der Waals surface area contributed by atoms with Gasteiger partial charge in [-0.15, -0.1) is 0 Å². The molecule has 1 aromatic heterocycles. The molecule has 9 heteroatoms. The highest BCUT2D eigenvalue weighted by molar-refractivity contribution is 6.32. The molecule has 0 aliphatic carbocycles. The van der Waals surface area contributed by atoms with Crippen LogP contribution in [0.1, 0.15) is 12.5 Å². The van der Waals surface area contributed by atoms with E-state index >= 15 is 0 Å². The predicted octanol–water partition coefficient (Wildman–Crippen LogP) is 2.88. The van der Waals surface area contributed by atoms with Crippen molar-refractivity contribution in [3.63, 3.8) is 0 Å². The maximum atomic E-state index is 12.7. The van der Waals surface area contributed by atoms with Crippen LogP contribution >= 0.6 is 11.6 Å². The normalized spacial score (nSPS) is 19.0. The van der Waals surface area contributed by atoms with Crippen LogP contribution in [0, 0.1) is 5.92 Å². The number of aromatic nitrogens is 2. The van der Waals surface area contributed by atoms with Crippen LogP contribution in [0.5, 0.6) is 0 Å². The van der Waals surface area contributed by atoms with Gasteiger partial charge in [0.25, 0.3) is 0 Å². The lowest BCUT2D eigenvalue weighted by molar-refractivity contribution is -0.121. The molecule has 1 amide bonds. The van der Waals surface area contributed by atoms with Crippen LogP contribution in [0.15, 0.2) is 36.7 Å². The van der Waals surface area contributed by atoms with Crippen LogP contribution in [-0.4, -0.2) is 67.6 Å². The molecule has 1 saturated heterocycles. The molecule has 1 aromatic carbocycles. The third kappa shape index (κ3) is 4.38. The number of carbonyl (C=O) groups excluding carboxylic acids is 1. The molecule has 0 radical (unpaired) electrons. The van der Waals surface area contributed by atoms with Crippen molar-refractivity contribution in [2.24, 2.45) is 5.92 Å². The molecule has 32 heavy (non-hydrogen) atoms. The molecule has 4 rings (SSSR count). The number of halogens is 1. The molecule has 2 aromatic rings. The quantitative estimate of drug-likeness (QED) is 0.693. The van der Waals surface area contributed by atoms with E-state index in [4.69, 9.17) is 16.6 Å². The van der Waals surface area contributed by atoms with Crippen LogP contribution in [0.25, 0.3) is 0 Å². The fourth-order valence-corrected chi connectivity index (χ4v) is 4.40. The largest absolute Gasteiger partial charge is 0.391 e. The van der Waals surface area contributed by atoms with Gasteiger partial charge >= 0.3 is 0 Å². The average Bonchev–Trinajstić information content (AvgIpc) is 2.82. The number of nitrogens with zero attached hydrogens (tertiary/aromatic N) is 5. The zero-order valence-corrected chi connectivity index (χ0v) is 19.6. The Labute approximate surface area is 194 Å². The van der Waals surface area contributed by atoms with Gasteiger partial charge in [0.1, 0.15) is 5.02 Å². The molecular formula is C23H30ClN7O. The summed E-state index contributed by atoms with van der Waals surface area (Å²) in [5.74, 6) is 1.01. The maximum Gasteiger partial charge on any atom is 0.236 e. The summed E-state index contributed by atoms with van der Waals surface area (Å²) in [6.45, 7) is 11.0. The molecule has 1 atom stereocenters. The zero-order chi connectivity index (χ0) is 22.8. The van der Waals surface area contributed by atoms with Crippen LogP contribution in [0.4, 0.5) is 23.1 Å². The van der Waals surface area contributed by atoms with Crippen LogP contribution in [0.3, 0.4) is 0 Å². The Hall–Kier alpha value is -2.84. The monoisotopic (exact) mass is 455 g/mol. The first-order valence-corrected chi connectivity index (χ1v) is 11.3. The second-order valence-electron chi connectivity index (χ2n) is 8.19. The standard InChI is InChI=1S/C23H30ClN7O/c1-5-30-8-10-31(11-9-30)23-26-14-19(24)21(28-23)27-17-6-7-20-16(12-17)13-18(15(2)25-3)22(32)29(20)4/h6-7,12,14,18,25H,2,5,8-11,13H2,1,3-4H3,(H,26,27,28). The van der Waals surface area contributed by atoms with Gasteiger partial charge in [0, 0.05) is 57.3 Å². The van der Waals surface area contributed by atoms with Gasteiger partial charge in [0.15, 0.2) is 5.82 Å². The van der Waals surface area contributed by atoms with Crippen molar-refractivity contribution >= 4 is 40.6 Å². The summed E-state index contributed by atoms with van der Waals surface area (Å²) in [5.41, 5.74) is 3.56. The van der Waals surface area contributed by atoms with E-state index in [1.807, 2.05) is 18.2 Å². The topological polar surface area (TPSA) is 76.6 Å². The first-order valence-electron chi connectivity index (χ1n) is 10.9. The van der Waals surface area contributed by atoms with E-state index in [2.05, 4.69) is 38.9 Å². The van der Waals surface area contributed by atoms with E-state index in [0.29, 0.717) is 23.2 Å². The SMILES string of the molecule is C=C(NC)C1Cc2cc(Nc3nc(N4CCN(CC)CC4)ncc3Cl)ccc2N(C)C1=O. The number of fused-ring (bicyclic) bond motifs is 1. The number of rotatable bonds is 6. The summed E-state index contributed by atoms with van der Waals surface area (Å²) in [6, 6.07) is 5.94. The van der Waals surface area contributed by atoms with Gasteiger partial charge in [-0.3, -0.25) is 4.79 Å². The molecular weight excluding hydrogens is 426 g/mol. The fraction of sp³-hybridized carbons (Fsp3) is 0.435. The number of piperazine rings is 1. The number of anilines is 4. The van der Waals surface area contributed by atoms with Crippen molar-refractivity contribution in [1.82, 2.24) is 20.2 Å². The number of nitrogens with one attached hydrogen (secondary N) is 2. The summed E-state index contributed by atoms with van der Waals surface area (Å²) in [5, 5.41) is 6.83. The number of hydrogen-bond acceptors (Lipinski definition) is 7. The lowest BCUT2D eigenvalue weighted by atomic mass is 9.89. The van der Waals surface area contributed by atoms with Gasteiger partial charge in [0.05, 0.1) is 12.1 Å². The van der Waals surface area contributed by atoms with Gasteiger partial charge in [-0.25, -0.2) is 4.98 Å². The van der Waals surface area contributed by atoms with E-state index in [9.17, 15) is 4.79 Å². The highest BCUT2D eigenvalue weighted by atomic mass is 35.5. The van der Waals surface area contributed by atoms with E-state index < -0.39 is 0 Å². The molecule has 3 heterocycles. The molecule has 0 spiro atoms. The minimum Gasteiger partial charge on any atom is -0.391 e. The van der Waals surface area contributed by atoms with Crippen LogP contribution in [-0.2, 0) is 11.2 Å². The lowest BCUT2D eigenvalue weighted by Gasteiger charge is -2.34. The number of carbonyl (C=O) groups is 1. The molecule has 170 valence electrons. The smallest absolute Gasteiger partial charge is 0.236 e. The number of likely N-dealkylation sites (N-methyl/N-ethyl adjacent to an activating group) is 1. The van der Waals surface area contributed by atoms with Crippen LogP contribution < -0.4 is 20.4 Å². The summed E-state index contributed by atoms with van der Waals surface area (Å²) in [6.07, 6.45) is 2.24. The van der Waals surface area contributed by atoms with Crippen LogP contribution in [0.2, 0.25) is 5.02 Å². The second kappa shape index (κ2) is 9.34. The summed E-state index contributed by atoms with van der Waals surface area (Å²) >= 11 is 6.41. The molecule has 2 aliphatic heterocycles. The number of benzene rings is 1. The van der Waals surface area contributed by atoms with Crippen molar-refractivity contribution in [3.8, 4) is 0 Å². The first kappa shape index (κ1) is 22.4. The highest BCUT2D eigenvalue weighted by Gasteiger charge is 2.32. The Morgan fingerprint density at radius 2 is 2.03 bits per heavy atom. The van der Waals surface area contributed by atoms with E-state index in [1.165, 1.54) is 0 Å². The summed E-state index contributed by atoms with van der Waals surface area (Å²) < 4.78 is 0. The van der Waals surface area contributed by atoms with Gasteiger partial charge in [0.2, 0.25) is 11.9 Å². The van der Waals surface area contributed by atoms with E-state index in [-0.39, 0.29) is 11.8 Å². The predicted molar refractivity (Wildman–Crippen MR) is 130 cm³/mol. The van der Waals surface area contributed by atoms with Gasteiger partial charge in [-0.05, 0) is 36.7 Å². The van der Waals surface area contributed by atoms with Gasteiger partial charge < -0.3 is 25.3 Å². The average molecular weight is 456 g/mol. The van der Waals surface area contributed by atoms with Gasteiger partial charge in [-0.1, -0.05) is 25.1 Å². The molecule has 0 bridgehead atoms. The van der Waals surface area contributed by atoms with Crippen molar-refractivity contribution in [1.29, 1.82) is 0 Å². The summed E-state index contributed by atoms with van der Waals surface area (Å²) in [7, 11) is 3.59. The van der Waals surface area contributed by atoms with Crippen molar-refractivity contribution in [2.75, 3.05) is 61.9 Å². The Balaban J connectivity index is 1.55. The second-order valence-corrected chi connectivity index (χ2v) is 8.59. The molecule has 2 N–H and O–H groups in total. The van der Waals surface area contributed by atoms with Gasteiger partial charge in [-0.2, -0.15) is 4.98 Å². The minimum atomic E-state index is -0.288. The zero-order valence-electron chi connectivity index (χ0n) is 18.9. The van der Waals surface area contributed by atoms with E-state index in [1.54, 1.807) is 25.2 Å². The molecule has 8 nitrogen and oxygen atoms in total.